The molecule has 0 spiro atoms. The number of carbonyl (C=O) groups is 7. The zero-order chi connectivity index (χ0) is 35.4. The zero-order valence-corrected chi connectivity index (χ0v) is 26.8. The van der Waals surface area contributed by atoms with Gasteiger partial charge in [-0.2, -0.15) is 0 Å². The van der Waals surface area contributed by atoms with Crippen LogP contribution in [0, 0.1) is 0 Å². The maximum Gasteiger partial charge on any atom is 0.303 e. The number of esters is 7. The molecule has 0 aromatic rings. The predicted octanol–water partition coefficient (Wildman–Crippen LogP) is -0.408. The quantitative estimate of drug-likeness (QED) is 0.168. The molecule has 19 heteroatoms. The third kappa shape index (κ3) is 12.3. The third-order valence-electron chi connectivity index (χ3n) is 6.24. The second-order valence-corrected chi connectivity index (χ2v) is 10.2. The third-order valence-corrected chi connectivity index (χ3v) is 6.24. The topological polar surface area (TPSA) is 221 Å². The highest BCUT2D eigenvalue weighted by atomic mass is 19.1. The number of carbonyl (C=O) groups excluding carboxylic acids is 7. The Labute approximate surface area is 268 Å². The van der Waals surface area contributed by atoms with Gasteiger partial charge < -0.3 is 52.1 Å². The molecule has 2 saturated heterocycles. The summed E-state index contributed by atoms with van der Waals surface area (Å²) in [4.78, 5) is 84.2. The molecule has 2 aliphatic heterocycles. The summed E-state index contributed by atoms with van der Waals surface area (Å²) in [7, 11) is 0. The number of hydrogen-bond acceptors (Lipinski definition) is 18. The lowest BCUT2D eigenvalue weighted by Gasteiger charge is -2.48. The van der Waals surface area contributed by atoms with E-state index in [0.29, 0.717) is 0 Å². The van der Waals surface area contributed by atoms with E-state index in [-0.39, 0.29) is 0 Å². The van der Waals surface area contributed by atoms with Crippen molar-refractivity contribution in [3.63, 3.8) is 0 Å². The Bertz CT molecular complexity index is 1140. The van der Waals surface area contributed by atoms with Gasteiger partial charge in [-0.25, -0.2) is 4.39 Å². The Hall–Kier alpha value is -3.94. The Morgan fingerprint density at radius 1 is 0.489 bits per heavy atom. The van der Waals surface area contributed by atoms with E-state index in [4.69, 9.17) is 52.1 Å². The van der Waals surface area contributed by atoms with Crippen molar-refractivity contribution in [1.82, 2.24) is 0 Å². The first kappa shape index (κ1) is 39.2. The van der Waals surface area contributed by atoms with Crippen molar-refractivity contribution in [2.24, 2.45) is 0 Å². The molecule has 0 aromatic heterocycles. The molecule has 10 unspecified atom stereocenters. The Morgan fingerprint density at radius 2 is 0.851 bits per heavy atom. The van der Waals surface area contributed by atoms with Gasteiger partial charge in [0.25, 0.3) is 0 Å². The van der Waals surface area contributed by atoms with E-state index < -0.39 is 130 Å². The highest BCUT2D eigenvalue weighted by Crippen LogP contribution is 2.35. The molecule has 18 nitrogen and oxygen atoms in total. The number of halogens is 1. The minimum absolute atomic E-state index is 0.535. The van der Waals surface area contributed by atoms with E-state index in [0.717, 1.165) is 48.5 Å². The normalized spacial score (nSPS) is 30.2. The largest absolute Gasteiger partial charge is 0.463 e. The molecule has 2 rings (SSSR count). The molecule has 0 aliphatic carbocycles. The average molecular weight is 683 g/mol. The first-order valence-corrected chi connectivity index (χ1v) is 14.3. The van der Waals surface area contributed by atoms with Crippen LogP contribution in [0.4, 0.5) is 4.39 Å². The monoisotopic (exact) mass is 682 g/mol. The van der Waals surface area contributed by atoms with Crippen LogP contribution in [0.25, 0.3) is 0 Å². The van der Waals surface area contributed by atoms with Crippen LogP contribution >= 0.6 is 0 Å². The minimum Gasteiger partial charge on any atom is -0.463 e. The van der Waals surface area contributed by atoms with Crippen molar-refractivity contribution in [3.8, 4) is 0 Å². The van der Waals surface area contributed by atoms with Gasteiger partial charge in [0.15, 0.2) is 49.2 Å². The van der Waals surface area contributed by atoms with E-state index >= 15 is 0 Å². The molecule has 0 amide bonds. The summed E-state index contributed by atoms with van der Waals surface area (Å²) in [5.74, 6) is -6.03. The number of rotatable bonds is 14. The summed E-state index contributed by atoms with van der Waals surface area (Å²) in [5, 5.41) is 0. The Morgan fingerprint density at radius 3 is 1.23 bits per heavy atom. The van der Waals surface area contributed by atoms with Gasteiger partial charge in [-0.15, -0.1) is 0 Å². The van der Waals surface area contributed by atoms with Crippen LogP contribution < -0.4 is 0 Å². The van der Waals surface area contributed by atoms with E-state index in [9.17, 15) is 38.0 Å². The standard InChI is InChI=1S/C28H39FO18/c1-12(30)38-10-19-21(40-14(3)32)23(42-16(5)34)25(27(45-19)37-9-8-29)47-28-26(44-18(7)36)24(43-17(6)35)22(41-15(4)33)20(46-28)11-39-13(2)31/h19-28H,8-11H2,1-7H3. The van der Waals surface area contributed by atoms with Crippen LogP contribution in [0.1, 0.15) is 48.5 Å². The summed E-state index contributed by atoms with van der Waals surface area (Å²) in [6, 6.07) is 0. The zero-order valence-electron chi connectivity index (χ0n) is 26.8. The number of hydrogen-bond donors (Lipinski definition) is 0. The fourth-order valence-corrected chi connectivity index (χ4v) is 4.76. The van der Waals surface area contributed by atoms with Gasteiger partial charge in [0, 0.05) is 48.5 Å². The summed E-state index contributed by atoms with van der Waals surface area (Å²) >= 11 is 0. The Balaban J connectivity index is 2.69. The molecule has 0 radical (unpaired) electrons. The second-order valence-electron chi connectivity index (χ2n) is 10.2. The van der Waals surface area contributed by atoms with Crippen LogP contribution in [0.3, 0.4) is 0 Å². The maximum absolute atomic E-state index is 13.3. The molecule has 0 aromatic carbocycles. The van der Waals surface area contributed by atoms with Gasteiger partial charge in [-0.3, -0.25) is 33.6 Å². The van der Waals surface area contributed by atoms with Gasteiger partial charge in [0.05, 0.1) is 6.61 Å². The fourth-order valence-electron chi connectivity index (χ4n) is 4.76. The molecule has 2 aliphatic rings. The molecular formula is C28H39FO18. The van der Waals surface area contributed by atoms with Gasteiger partial charge in [-0.1, -0.05) is 0 Å². The molecule has 266 valence electrons. The van der Waals surface area contributed by atoms with Crippen LogP contribution in [-0.2, 0) is 85.7 Å². The molecule has 0 saturated carbocycles. The van der Waals surface area contributed by atoms with Crippen LogP contribution in [0.5, 0.6) is 0 Å². The smallest absolute Gasteiger partial charge is 0.303 e. The van der Waals surface area contributed by atoms with Crippen molar-refractivity contribution < 1.29 is 90.1 Å². The van der Waals surface area contributed by atoms with Crippen LogP contribution in [0.2, 0.25) is 0 Å². The average Bonchev–Trinajstić information content (AvgIpc) is 2.94. The van der Waals surface area contributed by atoms with Crippen LogP contribution in [0.15, 0.2) is 0 Å². The molecule has 2 fully saturated rings. The SMILES string of the molecule is CC(=O)OCC1OC(OC2C(OCCF)OC(COC(C)=O)C(OC(C)=O)C2OC(C)=O)C(OC(C)=O)C(OC(C)=O)C1OC(C)=O. The fraction of sp³-hybridized carbons (Fsp3) is 0.750. The first-order valence-electron chi connectivity index (χ1n) is 14.3. The van der Waals surface area contributed by atoms with E-state index in [1.54, 1.807) is 0 Å². The summed E-state index contributed by atoms with van der Waals surface area (Å²) < 4.78 is 73.8. The lowest BCUT2D eigenvalue weighted by molar-refractivity contribution is -0.368. The summed E-state index contributed by atoms with van der Waals surface area (Å²) in [5.41, 5.74) is 0. The molecule has 0 N–H and O–H groups in total. The second kappa shape index (κ2) is 18.4. The van der Waals surface area contributed by atoms with E-state index in [2.05, 4.69) is 0 Å². The lowest BCUT2D eigenvalue weighted by atomic mass is 9.96. The highest BCUT2D eigenvalue weighted by Gasteiger charge is 2.57. The van der Waals surface area contributed by atoms with Gasteiger partial charge >= 0.3 is 41.8 Å². The van der Waals surface area contributed by atoms with Crippen molar-refractivity contribution in [1.29, 1.82) is 0 Å². The Kier molecular flexibility index (Phi) is 15.4. The summed E-state index contributed by atoms with van der Waals surface area (Å²) in [6.07, 6.45) is -16.0. The molecule has 2 heterocycles. The lowest BCUT2D eigenvalue weighted by Crippen LogP contribution is -2.67. The van der Waals surface area contributed by atoms with Crippen LogP contribution in [-0.4, -0.2) is 130 Å². The molecule has 0 bridgehead atoms. The number of alkyl halides is 1. The van der Waals surface area contributed by atoms with Gasteiger partial charge in [-0.05, 0) is 0 Å². The van der Waals surface area contributed by atoms with Crippen molar-refractivity contribution in [2.45, 2.75) is 110 Å². The minimum atomic E-state index is -1.83. The van der Waals surface area contributed by atoms with E-state index in [1.807, 2.05) is 0 Å². The first-order chi connectivity index (χ1) is 22.0. The van der Waals surface area contributed by atoms with Crippen molar-refractivity contribution >= 4 is 41.8 Å². The van der Waals surface area contributed by atoms with Crippen molar-refractivity contribution in [3.05, 3.63) is 0 Å². The number of ether oxygens (including phenoxy) is 11. The van der Waals surface area contributed by atoms with Gasteiger partial charge in [0.1, 0.15) is 32.1 Å². The van der Waals surface area contributed by atoms with Gasteiger partial charge in [0.2, 0.25) is 0 Å². The van der Waals surface area contributed by atoms with E-state index in [1.165, 1.54) is 0 Å². The molecule has 47 heavy (non-hydrogen) atoms. The van der Waals surface area contributed by atoms with Crippen molar-refractivity contribution in [2.75, 3.05) is 26.5 Å². The molecular weight excluding hydrogens is 643 g/mol. The highest BCUT2D eigenvalue weighted by molar-refractivity contribution is 5.69. The molecule has 10 atom stereocenters. The maximum atomic E-state index is 13.3. The predicted molar refractivity (Wildman–Crippen MR) is 145 cm³/mol. The summed E-state index contributed by atoms with van der Waals surface area (Å²) in [6.45, 7) is 4.55.